The van der Waals surface area contributed by atoms with Crippen LogP contribution in [-0.4, -0.2) is 38.0 Å². The molecule has 0 aromatic heterocycles. The molecule has 3 nitrogen and oxygen atoms in total. The first-order chi connectivity index (χ1) is 6.85. The van der Waals surface area contributed by atoms with Crippen LogP contribution in [0.4, 0.5) is 0 Å². The largest absolute Gasteiger partial charge is 0.379 e. The van der Waals surface area contributed by atoms with E-state index >= 15 is 0 Å². The van der Waals surface area contributed by atoms with E-state index in [-0.39, 0.29) is 6.10 Å². The van der Waals surface area contributed by atoms with Crippen LogP contribution in [0.25, 0.3) is 0 Å². The fourth-order valence-corrected chi connectivity index (χ4v) is 2.45. The van der Waals surface area contributed by atoms with E-state index < -0.39 is 0 Å². The zero-order valence-corrected chi connectivity index (χ0v) is 9.05. The Kier molecular flexibility index (Phi) is 3.42. The Hall–Kier alpha value is -0.120. The molecular weight excluding hydrogens is 178 g/mol. The highest BCUT2D eigenvalue weighted by Gasteiger charge is 2.37. The third kappa shape index (κ3) is 2.27. The van der Waals surface area contributed by atoms with Gasteiger partial charge in [-0.2, -0.15) is 0 Å². The lowest BCUT2D eigenvalue weighted by Gasteiger charge is -2.38. The summed E-state index contributed by atoms with van der Waals surface area (Å²) in [4.78, 5) is 0. The molecule has 3 heteroatoms. The van der Waals surface area contributed by atoms with Gasteiger partial charge in [-0.3, -0.25) is 0 Å². The minimum atomic E-state index is 0.265. The van der Waals surface area contributed by atoms with Crippen molar-refractivity contribution in [1.29, 1.82) is 0 Å². The van der Waals surface area contributed by atoms with Crippen molar-refractivity contribution in [3.05, 3.63) is 0 Å². The highest BCUT2D eigenvalue weighted by Crippen LogP contribution is 2.31. The van der Waals surface area contributed by atoms with Crippen LogP contribution in [0, 0.1) is 0 Å². The van der Waals surface area contributed by atoms with Crippen LogP contribution >= 0.6 is 0 Å². The van der Waals surface area contributed by atoms with Gasteiger partial charge >= 0.3 is 0 Å². The van der Waals surface area contributed by atoms with Gasteiger partial charge in [0.25, 0.3) is 0 Å². The maximum Gasteiger partial charge on any atom is 0.0933 e. The molecule has 0 aromatic carbocycles. The molecule has 14 heavy (non-hydrogen) atoms. The summed E-state index contributed by atoms with van der Waals surface area (Å²) in [6, 6.07) is 0. The van der Waals surface area contributed by atoms with Crippen LogP contribution in [0.2, 0.25) is 0 Å². The van der Waals surface area contributed by atoms with Gasteiger partial charge in [0.15, 0.2) is 0 Å². The Morgan fingerprint density at radius 1 is 1.43 bits per heavy atom. The first-order valence-electron chi connectivity index (χ1n) is 5.79. The molecule has 1 saturated heterocycles. The average molecular weight is 199 g/mol. The van der Waals surface area contributed by atoms with E-state index in [1.165, 1.54) is 25.7 Å². The normalized spacial score (nSPS) is 31.1. The first-order valence-corrected chi connectivity index (χ1v) is 5.79. The molecule has 2 aliphatic rings. The summed E-state index contributed by atoms with van der Waals surface area (Å²) in [5, 5.41) is 3.65. The summed E-state index contributed by atoms with van der Waals surface area (Å²) < 4.78 is 11.2. The fourth-order valence-electron chi connectivity index (χ4n) is 2.45. The van der Waals surface area contributed by atoms with Gasteiger partial charge in [0.1, 0.15) is 0 Å². The van der Waals surface area contributed by atoms with Crippen LogP contribution in [0.3, 0.4) is 0 Å². The van der Waals surface area contributed by atoms with Gasteiger partial charge in [-0.15, -0.1) is 0 Å². The number of nitrogens with one attached hydrogen (secondary N) is 1. The number of rotatable bonds is 3. The molecule has 0 radical (unpaired) electrons. The lowest BCUT2D eigenvalue weighted by Crippen LogP contribution is -2.56. The van der Waals surface area contributed by atoms with E-state index in [0.717, 1.165) is 26.4 Å². The second-order valence-electron chi connectivity index (χ2n) is 4.46. The number of morpholine rings is 1. The predicted molar refractivity (Wildman–Crippen MR) is 55.4 cm³/mol. The van der Waals surface area contributed by atoms with Crippen molar-refractivity contribution in [3.8, 4) is 0 Å². The lowest BCUT2D eigenvalue weighted by atomic mass is 9.97. The van der Waals surface area contributed by atoms with Crippen molar-refractivity contribution < 1.29 is 9.47 Å². The summed E-state index contributed by atoms with van der Waals surface area (Å²) in [6.07, 6.45) is 5.54. The molecule has 0 amide bonds. The van der Waals surface area contributed by atoms with Crippen molar-refractivity contribution >= 4 is 0 Å². The van der Waals surface area contributed by atoms with Crippen molar-refractivity contribution in [1.82, 2.24) is 5.32 Å². The Morgan fingerprint density at radius 2 is 2.21 bits per heavy atom. The van der Waals surface area contributed by atoms with Crippen molar-refractivity contribution in [3.63, 3.8) is 0 Å². The number of hydrogen-bond donors (Lipinski definition) is 1. The Labute approximate surface area is 86.2 Å². The quantitative estimate of drug-likeness (QED) is 0.743. The number of hydrogen-bond acceptors (Lipinski definition) is 3. The zero-order valence-electron chi connectivity index (χ0n) is 9.05. The second-order valence-corrected chi connectivity index (χ2v) is 4.46. The van der Waals surface area contributed by atoms with E-state index in [4.69, 9.17) is 9.47 Å². The summed E-state index contributed by atoms with van der Waals surface area (Å²) in [6.45, 7) is 5.38. The molecule has 1 atom stereocenters. The Bertz CT molecular complexity index is 168. The van der Waals surface area contributed by atoms with Gasteiger partial charge in [0.05, 0.1) is 19.3 Å². The predicted octanol–water partition coefficient (Wildman–Crippen LogP) is 1.32. The molecule has 0 bridgehead atoms. The van der Waals surface area contributed by atoms with Crippen LogP contribution < -0.4 is 5.32 Å². The molecule has 1 N–H and O–H groups in total. The lowest BCUT2D eigenvalue weighted by molar-refractivity contribution is -0.0677. The van der Waals surface area contributed by atoms with Gasteiger partial charge in [-0.25, -0.2) is 0 Å². The van der Waals surface area contributed by atoms with E-state index in [1.807, 2.05) is 6.92 Å². The Balaban J connectivity index is 1.74. The van der Waals surface area contributed by atoms with Gasteiger partial charge < -0.3 is 14.8 Å². The van der Waals surface area contributed by atoms with E-state index in [1.54, 1.807) is 0 Å². The molecule has 1 unspecified atom stereocenters. The third-order valence-electron chi connectivity index (χ3n) is 3.37. The molecule has 1 spiro atoms. The maximum absolute atomic E-state index is 5.83. The maximum atomic E-state index is 5.83. The third-order valence-corrected chi connectivity index (χ3v) is 3.37. The van der Waals surface area contributed by atoms with Crippen molar-refractivity contribution in [2.75, 3.05) is 26.4 Å². The molecule has 2 fully saturated rings. The van der Waals surface area contributed by atoms with E-state index in [2.05, 4.69) is 5.32 Å². The molecule has 1 saturated carbocycles. The summed E-state index contributed by atoms with van der Waals surface area (Å²) in [5.74, 6) is 0. The first kappa shape index (κ1) is 10.4. The van der Waals surface area contributed by atoms with E-state index in [9.17, 15) is 0 Å². The van der Waals surface area contributed by atoms with Gasteiger partial charge in [0.2, 0.25) is 0 Å². The Morgan fingerprint density at radius 3 is 2.79 bits per heavy atom. The second kappa shape index (κ2) is 4.60. The van der Waals surface area contributed by atoms with Crippen LogP contribution in [-0.2, 0) is 9.47 Å². The SMILES string of the molecule is CCOCC1CNC2(CCCC2)CO1. The standard InChI is InChI=1S/C11H21NO2/c1-2-13-8-10-7-12-11(9-14-10)5-3-4-6-11/h10,12H,2-9H2,1H3. The molecule has 0 aromatic rings. The topological polar surface area (TPSA) is 30.5 Å². The highest BCUT2D eigenvalue weighted by atomic mass is 16.5. The fraction of sp³-hybridized carbons (Fsp3) is 1.00. The monoisotopic (exact) mass is 199 g/mol. The molecule has 1 aliphatic heterocycles. The zero-order chi connectivity index (χ0) is 9.86. The molecule has 82 valence electrons. The smallest absolute Gasteiger partial charge is 0.0933 e. The van der Waals surface area contributed by atoms with Crippen molar-refractivity contribution in [2.45, 2.75) is 44.2 Å². The van der Waals surface area contributed by atoms with Crippen LogP contribution in [0.5, 0.6) is 0 Å². The van der Waals surface area contributed by atoms with Gasteiger partial charge in [0, 0.05) is 18.7 Å². The minimum Gasteiger partial charge on any atom is -0.379 e. The minimum absolute atomic E-state index is 0.265. The van der Waals surface area contributed by atoms with Crippen LogP contribution in [0.1, 0.15) is 32.6 Å². The molecule has 2 rings (SSSR count). The molecule has 1 heterocycles. The van der Waals surface area contributed by atoms with Crippen molar-refractivity contribution in [2.24, 2.45) is 0 Å². The summed E-state index contributed by atoms with van der Waals surface area (Å²) in [7, 11) is 0. The molecular formula is C11H21NO2. The van der Waals surface area contributed by atoms with E-state index in [0.29, 0.717) is 5.54 Å². The van der Waals surface area contributed by atoms with Gasteiger partial charge in [-0.05, 0) is 19.8 Å². The average Bonchev–Trinajstić information content (AvgIpc) is 2.66. The molecule has 1 aliphatic carbocycles. The summed E-state index contributed by atoms with van der Waals surface area (Å²) >= 11 is 0. The number of ether oxygens (including phenoxy) is 2. The van der Waals surface area contributed by atoms with Gasteiger partial charge in [-0.1, -0.05) is 12.8 Å². The van der Waals surface area contributed by atoms with Crippen LogP contribution in [0.15, 0.2) is 0 Å². The summed E-state index contributed by atoms with van der Waals surface area (Å²) in [5.41, 5.74) is 0.322. The highest BCUT2D eigenvalue weighted by molar-refractivity contribution is 4.95.